The zero-order valence-corrected chi connectivity index (χ0v) is 15.7. The van der Waals surface area contributed by atoms with Crippen LogP contribution in [0.15, 0.2) is 4.99 Å². The summed E-state index contributed by atoms with van der Waals surface area (Å²) in [5, 5.41) is 6.33. The molecule has 1 aliphatic rings. The predicted molar refractivity (Wildman–Crippen MR) is 97.6 cm³/mol. The number of rotatable bonds is 7. The number of likely N-dealkylation sites (tertiary alicyclic amines) is 1. The molecule has 1 saturated heterocycles. The Labute approximate surface area is 142 Å². The van der Waals surface area contributed by atoms with E-state index in [4.69, 9.17) is 4.99 Å². The van der Waals surface area contributed by atoms with Gasteiger partial charge in [-0.3, -0.25) is 9.79 Å². The molecular weight excluding hydrogens is 288 g/mol. The number of amides is 1. The molecule has 0 bridgehead atoms. The summed E-state index contributed by atoms with van der Waals surface area (Å²) in [6.45, 7) is 14.8. The molecule has 1 atom stereocenters. The fourth-order valence-corrected chi connectivity index (χ4v) is 3.27. The van der Waals surface area contributed by atoms with Gasteiger partial charge in [-0.1, -0.05) is 34.1 Å². The maximum absolute atomic E-state index is 11.6. The Morgan fingerprint density at radius 1 is 1.30 bits per heavy atom. The van der Waals surface area contributed by atoms with Gasteiger partial charge in [0.2, 0.25) is 5.91 Å². The third kappa shape index (κ3) is 6.80. The first-order chi connectivity index (χ1) is 10.9. The number of hydrogen-bond donors (Lipinski definition) is 2. The first-order valence-corrected chi connectivity index (χ1v) is 9.23. The fraction of sp³-hybridized carbons (Fsp3) is 0.889. The minimum absolute atomic E-state index is 0.0315. The molecule has 23 heavy (non-hydrogen) atoms. The second-order valence-corrected chi connectivity index (χ2v) is 7.27. The molecule has 1 heterocycles. The Hall–Kier alpha value is -1.26. The van der Waals surface area contributed by atoms with Crippen molar-refractivity contribution in [3.05, 3.63) is 0 Å². The summed E-state index contributed by atoms with van der Waals surface area (Å²) < 4.78 is 0. The van der Waals surface area contributed by atoms with E-state index in [9.17, 15) is 4.79 Å². The lowest BCUT2D eigenvalue weighted by molar-refractivity contribution is -0.123. The van der Waals surface area contributed by atoms with Crippen LogP contribution in [0.25, 0.3) is 0 Å². The maximum Gasteiger partial charge on any atom is 0.222 e. The van der Waals surface area contributed by atoms with Gasteiger partial charge in [-0.2, -0.15) is 0 Å². The van der Waals surface area contributed by atoms with Gasteiger partial charge in [-0.25, -0.2) is 0 Å². The highest BCUT2D eigenvalue weighted by Crippen LogP contribution is 2.33. The number of nitrogens with one attached hydrogen (secondary N) is 2. The van der Waals surface area contributed by atoms with Gasteiger partial charge >= 0.3 is 0 Å². The third-order valence-electron chi connectivity index (χ3n) is 4.47. The topological polar surface area (TPSA) is 56.7 Å². The largest absolute Gasteiger partial charge is 0.357 e. The molecule has 1 fully saturated rings. The van der Waals surface area contributed by atoms with Gasteiger partial charge in [-0.15, -0.1) is 0 Å². The molecule has 0 aromatic heterocycles. The molecule has 1 rings (SSSR count). The quantitative estimate of drug-likeness (QED) is 0.430. The van der Waals surface area contributed by atoms with E-state index in [1.54, 1.807) is 0 Å². The van der Waals surface area contributed by atoms with Gasteiger partial charge in [0.25, 0.3) is 0 Å². The number of carbonyl (C=O) groups is 1. The molecule has 0 aromatic carbocycles. The molecule has 134 valence electrons. The van der Waals surface area contributed by atoms with Crippen LogP contribution in [0.2, 0.25) is 0 Å². The Morgan fingerprint density at radius 3 is 2.65 bits per heavy atom. The summed E-state index contributed by atoms with van der Waals surface area (Å²) in [4.78, 5) is 18.7. The van der Waals surface area contributed by atoms with E-state index in [0.29, 0.717) is 18.5 Å². The summed E-state index contributed by atoms with van der Waals surface area (Å²) in [5.41, 5.74) is 0.398. The first-order valence-electron chi connectivity index (χ1n) is 9.23. The van der Waals surface area contributed by atoms with Gasteiger partial charge in [0, 0.05) is 32.1 Å². The molecule has 1 unspecified atom stereocenters. The molecule has 1 amide bonds. The van der Waals surface area contributed by atoms with Crippen LogP contribution >= 0.6 is 0 Å². The molecule has 0 spiro atoms. The summed E-state index contributed by atoms with van der Waals surface area (Å²) in [7, 11) is 0. The monoisotopic (exact) mass is 324 g/mol. The minimum atomic E-state index is 0.0315. The first kappa shape index (κ1) is 19.8. The second kappa shape index (κ2) is 9.78. The zero-order valence-electron chi connectivity index (χ0n) is 15.7. The van der Waals surface area contributed by atoms with Crippen molar-refractivity contribution >= 4 is 11.9 Å². The van der Waals surface area contributed by atoms with Crippen molar-refractivity contribution in [3.63, 3.8) is 0 Å². The lowest BCUT2D eigenvalue weighted by Gasteiger charge is -2.42. The van der Waals surface area contributed by atoms with Gasteiger partial charge < -0.3 is 15.5 Å². The van der Waals surface area contributed by atoms with Crippen LogP contribution in [0, 0.1) is 11.3 Å². The highest BCUT2D eigenvalue weighted by molar-refractivity contribution is 5.80. The van der Waals surface area contributed by atoms with E-state index in [1.807, 2.05) is 13.8 Å². The highest BCUT2D eigenvalue weighted by Gasteiger charge is 2.31. The highest BCUT2D eigenvalue weighted by atomic mass is 16.1. The lowest BCUT2D eigenvalue weighted by atomic mass is 9.78. The van der Waals surface area contributed by atoms with Crippen LogP contribution in [0.1, 0.15) is 60.3 Å². The van der Waals surface area contributed by atoms with Crippen molar-refractivity contribution in [2.75, 3.05) is 32.7 Å². The van der Waals surface area contributed by atoms with Crippen LogP contribution in [0.5, 0.6) is 0 Å². The van der Waals surface area contributed by atoms with E-state index in [0.717, 1.165) is 25.6 Å². The number of guanidine groups is 1. The van der Waals surface area contributed by atoms with E-state index >= 15 is 0 Å². The lowest BCUT2D eigenvalue weighted by Crippen LogP contribution is -2.50. The molecule has 5 heteroatoms. The Bertz CT molecular complexity index is 390. The Morgan fingerprint density at radius 2 is 2.04 bits per heavy atom. The van der Waals surface area contributed by atoms with Crippen molar-refractivity contribution in [2.45, 2.75) is 60.3 Å². The van der Waals surface area contributed by atoms with E-state index < -0.39 is 0 Å². The van der Waals surface area contributed by atoms with Gasteiger partial charge in [-0.05, 0) is 31.6 Å². The average Bonchev–Trinajstić information content (AvgIpc) is 2.50. The maximum atomic E-state index is 11.6. The number of carbonyl (C=O) groups excluding carboxylic acids is 1. The SMILES string of the molecule is CCCC1(C)CCCN(C(=NCCNC(=O)C(C)C)NCC)C1. The number of aliphatic imine (C=N–C) groups is 1. The van der Waals surface area contributed by atoms with Crippen molar-refractivity contribution < 1.29 is 4.79 Å². The Balaban J connectivity index is 2.58. The molecule has 0 radical (unpaired) electrons. The molecule has 0 aromatic rings. The van der Waals surface area contributed by atoms with Crippen molar-refractivity contribution in [2.24, 2.45) is 16.3 Å². The number of piperidine rings is 1. The molecule has 1 aliphatic heterocycles. The molecule has 2 N–H and O–H groups in total. The van der Waals surface area contributed by atoms with E-state index in [1.165, 1.54) is 25.7 Å². The fourth-order valence-electron chi connectivity index (χ4n) is 3.27. The van der Waals surface area contributed by atoms with Crippen LogP contribution in [-0.2, 0) is 4.79 Å². The van der Waals surface area contributed by atoms with Crippen LogP contribution in [0.3, 0.4) is 0 Å². The average molecular weight is 325 g/mol. The summed E-state index contributed by atoms with van der Waals surface area (Å²) >= 11 is 0. The molecule has 5 nitrogen and oxygen atoms in total. The standard InChI is InChI=1S/C18H36N4O/c1-6-9-18(5)10-8-13-22(14-18)17(19-7-2)21-12-11-20-16(23)15(3)4/h15H,6-14H2,1-5H3,(H,19,21)(H,20,23). The minimum Gasteiger partial charge on any atom is -0.357 e. The van der Waals surface area contributed by atoms with Crippen LogP contribution < -0.4 is 10.6 Å². The number of hydrogen-bond acceptors (Lipinski definition) is 2. The third-order valence-corrected chi connectivity index (χ3v) is 4.47. The molecule has 0 saturated carbocycles. The Kier molecular flexibility index (Phi) is 8.42. The molecular formula is C18H36N4O. The summed E-state index contributed by atoms with van der Waals surface area (Å²) in [6.07, 6.45) is 5.04. The van der Waals surface area contributed by atoms with Crippen molar-refractivity contribution in [1.29, 1.82) is 0 Å². The second-order valence-electron chi connectivity index (χ2n) is 7.27. The summed E-state index contributed by atoms with van der Waals surface area (Å²) in [6, 6.07) is 0. The normalized spacial score (nSPS) is 22.3. The summed E-state index contributed by atoms with van der Waals surface area (Å²) in [5.74, 6) is 1.12. The van der Waals surface area contributed by atoms with Crippen molar-refractivity contribution in [3.8, 4) is 0 Å². The van der Waals surface area contributed by atoms with Gasteiger partial charge in [0.15, 0.2) is 5.96 Å². The van der Waals surface area contributed by atoms with Crippen LogP contribution in [0.4, 0.5) is 0 Å². The van der Waals surface area contributed by atoms with Crippen LogP contribution in [-0.4, -0.2) is 49.5 Å². The van der Waals surface area contributed by atoms with Gasteiger partial charge in [0.1, 0.15) is 0 Å². The van der Waals surface area contributed by atoms with E-state index in [2.05, 4.69) is 36.3 Å². The number of nitrogens with zero attached hydrogens (tertiary/aromatic N) is 2. The van der Waals surface area contributed by atoms with Crippen molar-refractivity contribution in [1.82, 2.24) is 15.5 Å². The predicted octanol–water partition coefficient (Wildman–Crippen LogP) is 2.63. The van der Waals surface area contributed by atoms with Gasteiger partial charge in [0.05, 0.1) is 6.54 Å². The molecule has 0 aliphatic carbocycles. The zero-order chi connectivity index (χ0) is 17.3. The smallest absolute Gasteiger partial charge is 0.222 e. The van der Waals surface area contributed by atoms with E-state index in [-0.39, 0.29) is 11.8 Å².